The Morgan fingerprint density at radius 1 is 1.10 bits per heavy atom. The quantitative estimate of drug-likeness (QED) is 0.834. The molecule has 0 aromatic heterocycles. The molecular weight excluding hydrogens is 307 g/mol. The van der Waals surface area contributed by atoms with E-state index in [1.807, 2.05) is 37.3 Å². The zero-order valence-corrected chi connectivity index (χ0v) is 13.1. The minimum absolute atomic E-state index is 0.0307. The first kappa shape index (κ1) is 15.7. The molecule has 0 bridgehead atoms. The first-order valence-corrected chi connectivity index (χ1v) is 7.36. The molecule has 0 aliphatic heterocycles. The van der Waals surface area contributed by atoms with E-state index in [-0.39, 0.29) is 5.91 Å². The Labute approximate surface area is 134 Å². The largest absolute Gasteiger partial charge is 0.384 e. The number of benzene rings is 2. The standard InChI is InChI=1S/C16H16Cl2N2O/c1-11-4-2-3-5-15(11)20-16(21)8-9-19-12-6-7-13(17)14(18)10-12/h2-7,10,19H,8-9H2,1H3,(H,20,21). The van der Waals surface area contributed by atoms with Crippen molar-refractivity contribution in [2.45, 2.75) is 13.3 Å². The van der Waals surface area contributed by atoms with E-state index in [0.717, 1.165) is 16.9 Å². The van der Waals surface area contributed by atoms with E-state index in [2.05, 4.69) is 10.6 Å². The van der Waals surface area contributed by atoms with Gasteiger partial charge in [0.25, 0.3) is 0 Å². The van der Waals surface area contributed by atoms with E-state index < -0.39 is 0 Å². The summed E-state index contributed by atoms with van der Waals surface area (Å²) in [5, 5.41) is 7.04. The number of halogens is 2. The lowest BCUT2D eigenvalue weighted by Crippen LogP contribution is -2.16. The maximum absolute atomic E-state index is 11.9. The molecule has 0 fully saturated rings. The average Bonchev–Trinajstić information content (AvgIpc) is 2.45. The normalized spacial score (nSPS) is 10.2. The van der Waals surface area contributed by atoms with Crippen molar-refractivity contribution in [2.75, 3.05) is 17.2 Å². The Kier molecular flexibility index (Phi) is 5.48. The second kappa shape index (κ2) is 7.34. The summed E-state index contributed by atoms with van der Waals surface area (Å²) in [6, 6.07) is 13.0. The van der Waals surface area contributed by atoms with Crippen LogP contribution in [0.4, 0.5) is 11.4 Å². The van der Waals surface area contributed by atoms with Crippen LogP contribution in [0.1, 0.15) is 12.0 Å². The van der Waals surface area contributed by atoms with Crippen LogP contribution in [-0.4, -0.2) is 12.5 Å². The highest BCUT2D eigenvalue weighted by Gasteiger charge is 2.04. The number of carbonyl (C=O) groups excluding carboxylic acids is 1. The molecule has 0 aliphatic carbocycles. The van der Waals surface area contributed by atoms with Gasteiger partial charge < -0.3 is 10.6 Å². The highest BCUT2D eigenvalue weighted by atomic mass is 35.5. The fourth-order valence-corrected chi connectivity index (χ4v) is 2.15. The van der Waals surface area contributed by atoms with Gasteiger partial charge in [-0.1, -0.05) is 41.4 Å². The van der Waals surface area contributed by atoms with Crippen molar-refractivity contribution in [3.63, 3.8) is 0 Å². The van der Waals surface area contributed by atoms with Gasteiger partial charge in [0.05, 0.1) is 10.0 Å². The van der Waals surface area contributed by atoms with Crippen LogP contribution in [0, 0.1) is 6.92 Å². The first-order valence-electron chi connectivity index (χ1n) is 6.60. The third-order valence-corrected chi connectivity index (χ3v) is 3.76. The van der Waals surface area contributed by atoms with Gasteiger partial charge in [0.15, 0.2) is 0 Å². The van der Waals surface area contributed by atoms with Crippen molar-refractivity contribution in [3.05, 3.63) is 58.1 Å². The summed E-state index contributed by atoms with van der Waals surface area (Å²) < 4.78 is 0. The maximum Gasteiger partial charge on any atom is 0.226 e. The number of anilines is 2. The second-order valence-electron chi connectivity index (χ2n) is 4.67. The fourth-order valence-electron chi connectivity index (χ4n) is 1.85. The van der Waals surface area contributed by atoms with Gasteiger partial charge in [-0.05, 0) is 36.8 Å². The number of carbonyl (C=O) groups is 1. The first-order chi connectivity index (χ1) is 10.1. The van der Waals surface area contributed by atoms with Crippen molar-refractivity contribution in [3.8, 4) is 0 Å². The predicted octanol–water partition coefficient (Wildman–Crippen LogP) is 4.74. The molecule has 3 nitrogen and oxygen atoms in total. The lowest BCUT2D eigenvalue weighted by Gasteiger charge is -2.09. The number of hydrogen-bond acceptors (Lipinski definition) is 2. The van der Waals surface area contributed by atoms with Crippen LogP contribution in [0.2, 0.25) is 10.0 Å². The van der Waals surface area contributed by atoms with Crippen molar-refractivity contribution in [1.82, 2.24) is 0 Å². The Morgan fingerprint density at radius 3 is 2.57 bits per heavy atom. The average molecular weight is 323 g/mol. The summed E-state index contributed by atoms with van der Waals surface area (Å²) in [6.45, 7) is 2.49. The molecule has 5 heteroatoms. The Hall–Kier alpha value is -1.71. The molecule has 0 saturated heterocycles. The van der Waals surface area contributed by atoms with E-state index >= 15 is 0 Å². The fraction of sp³-hybridized carbons (Fsp3) is 0.188. The molecule has 0 spiro atoms. The van der Waals surface area contributed by atoms with Crippen LogP contribution in [0.5, 0.6) is 0 Å². The zero-order valence-electron chi connectivity index (χ0n) is 11.6. The summed E-state index contributed by atoms with van der Waals surface area (Å²) in [7, 11) is 0. The number of amides is 1. The summed E-state index contributed by atoms with van der Waals surface area (Å²) in [6.07, 6.45) is 0.370. The number of para-hydroxylation sites is 1. The molecule has 2 aromatic carbocycles. The molecule has 2 aromatic rings. The highest BCUT2D eigenvalue weighted by molar-refractivity contribution is 6.42. The van der Waals surface area contributed by atoms with Crippen molar-refractivity contribution in [1.29, 1.82) is 0 Å². The van der Waals surface area contributed by atoms with Gasteiger partial charge in [-0.3, -0.25) is 4.79 Å². The van der Waals surface area contributed by atoms with Crippen LogP contribution in [0.15, 0.2) is 42.5 Å². The van der Waals surface area contributed by atoms with Crippen LogP contribution < -0.4 is 10.6 Å². The maximum atomic E-state index is 11.9. The number of aryl methyl sites for hydroxylation is 1. The Balaban J connectivity index is 1.82. The zero-order chi connectivity index (χ0) is 15.2. The number of rotatable bonds is 5. The molecule has 1 amide bonds. The molecule has 2 rings (SSSR count). The predicted molar refractivity (Wildman–Crippen MR) is 89.4 cm³/mol. The van der Waals surface area contributed by atoms with E-state index in [0.29, 0.717) is 23.0 Å². The molecule has 110 valence electrons. The third-order valence-electron chi connectivity index (χ3n) is 3.02. The van der Waals surface area contributed by atoms with Crippen LogP contribution in [-0.2, 0) is 4.79 Å². The summed E-state index contributed by atoms with van der Waals surface area (Å²) in [5.74, 6) is -0.0307. The third kappa shape index (κ3) is 4.66. The molecule has 0 saturated carbocycles. The van der Waals surface area contributed by atoms with E-state index in [1.165, 1.54) is 0 Å². The smallest absolute Gasteiger partial charge is 0.226 e. The van der Waals surface area contributed by atoms with Gasteiger partial charge in [-0.15, -0.1) is 0 Å². The minimum Gasteiger partial charge on any atom is -0.384 e. The summed E-state index contributed by atoms with van der Waals surface area (Å²) in [4.78, 5) is 11.9. The summed E-state index contributed by atoms with van der Waals surface area (Å²) >= 11 is 11.8. The van der Waals surface area contributed by atoms with E-state index in [4.69, 9.17) is 23.2 Å². The topological polar surface area (TPSA) is 41.1 Å². The van der Waals surface area contributed by atoms with Crippen molar-refractivity contribution < 1.29 is 4.79 Å². The van der Waals surface area contributed by atoms with Crippen LogP contribution in [0.3, 0.4) is 0 Å². The van der Waals surface area contributed by atoms with Gasteiger partial charge in [-0.2, -0.15) is 0 Å². The molecular formula is C16H16Cl2N2O. The number of hydrogen-bond donors (Lipinski definition) is 2. The molecule has 21 heavy (non-hydrogen) atoms. The number of nitrogens with one attached hydrogen (secondary N) is 2. The minimum atomic E-state index is -0.0307. The van der Waals surface area contributed by atoms with Gasteiger partial charge >= 0.3 is 0 Å². The summed E-state index contributed by atoms with van der Waals surface area (Å²) in [5.41, 5.74) is 2.73. The second-order valence-corrected chi connectivity index (χ2v) is 5.48. The van der Waals surface area contributed by atoms with Gasteiger partial charge in [0, 0.05) is 24.3 Å². The Morgan fingerprint density at radius 2 is 1.86 bits per heavy atom. The lowest BCUT2D eigenvalue weighted by molar-refractivity contribution is -0.115. The molecule has 2 N–H and O–H groups in total. The monoisotopic (exact) mass is 322 g/mol. The van der Waals surface area contributed by atoms with E-state index in [1.54, 1.807) is 12.1 Å². The molecule has 0 heterocycles. The van der Waals surface area contributed by atoms with Gasteiger partial charge in [0.2, 0.25) is 5.91 Å². The van der Waals surface area contributed by atoms with Gasteiger partial charge in [-0.25, -0.2) is 0 Å². The van der Waals surface area contributed by atoms with Crippen LogP contribution >= 0.6 is 23.2 Å². The van der Waals surface area contributed by atoms with Crippen LogP contribution in [0.25, 0.3) is 0 Å². The molecule has 0 atom stereocenters. The Bertz CT molecular complexity index is 644. The lowest BCUT2D eigenvalue weighted by atomic mass is 10.2. The molecule has 0 aliphatic rings. The van der Waals surface area contributed by atoms with E-state index in [9.17, 15) is 4.79 Å². The van der Waals surface area contributed by atoms with Gasteiger partial charge in [0.1, 0.15) is 0 Å². The van der Waals surface area contributed by atoms with Crippen molar-refractivity contribution >= 4 is 40.5 Å². The SMILES string of the molecule is Cc1ccccc1NC(=O)CCNc1ccc(Cl)c(Cl)c1. The van der Waals surface area contributed by atoms with Crippen molar-refractivity contribution in [2.24, 2.45) is 0 Å². The highest BCUT2D eigenvalue weighted by Crippen LogP contribution is 2.24. The molecule has 0 radical (unpaired) electrons. The molecule has 0 unspecified atom stereocenters.